The fourth-order valence-electron chi connectivity index (χ4n) is 3.97. The van der Waals surface area contributed by atoms with E-state index in [1.54, 1.807) is 18.2 Å². The van der Waals surface area contributed by atoms with E-state index in [-0.39, 0.29) is 23.0 Å². The lowest BCUT2D eigenvalue weighted by atomic mass is 10.1. The average molecular weight is 393 g/mol. The third-order valence-electron chi connectivity index (χ3n) is 5.32. The van der Waals surface area contributed by atoms with E-state index in [9.17, 15) is 10.1 Å². The Hall–Kier alpha value is -1.93. The van der Waals surface area contributed by atoms with Crippen LogP contribution in [0.5, 0.6) is 0 Å². The zero-order valence-corrected chi connectivity index (χ0v) is 16.0. The van der Waals surface area contributed by atoms with Crippen LogP contribution in [-0.2, 0) is 6.54 Å². The Bertz CT molecular complexity index is 776. The van der Waals surface area contributed by atoms with Crippen molar-refractivity contribution in [2.24, 2.45) is 0 Å². The van der Waals surface area contributed by atoms with E-state index in [0.717, 1.165) is 51.6 Å². The second-order valence-corrected chi connectivity index (χ2v) is 7.00. The predicted molar refractivity (Wildman–Crippen MR) is 106 cm³/mol. The Morgan fingerprint density at radius 3 is 2.70 bits per heavy atom. The standard InChI is InChI=1S/C19H24N4O3.ClH/c24-23(25)18-4-2-1-3-17(18)19-6-5-16(26-19)14-21-10-7-15(13-21)22-11-8-20-9-12-22;/h1-6,15,20H,7-14H2;1H. The van der Waals surface area contributed by atoms with E-state index in [4.69, 9.17) is 4.42 Å². The van der Waals surface area contributed by atoms with E-state index >= 15 is 0 Å². The third-order valence-corrected chi connectivity index (χ3v) is 5.32. The van der Waals surface area contributed by atoms with Crippen molar-refractivity contribution >= 4 is 18.1 Å². The van der Waals surface area contributed by atoms with Crippen molar-refractivity contribution in [1.82, 2.24) is 15.1 Å². The maximum absolute atomic E-state index is 11.2. The molecule has 7 nitrogen and oxygen atoms in total. The summed E-state index contributed by atoms with van der Waals surface area (Å²) in [5.74, 6) is 1.42. The van der Waals surface area contributed by atoms with Gasteiger partial charge in [-0.25, -0.2) is 0 Å². The molecule has 0 saturated carbocycles. The van der Waals surface area contributed by atoms with Crippen LogP contribution in [0.2, 0.25) is 0 Å². The van der Waals surface area contributed by atoms with Crippen LogP contribution in [0, 0.1) is 10.1 Å². The summed E-state index contributed by atoms with van der Waals surface area (Å²) in [7, 11) is 0. The van der Waals surface area contributed by atoms with E-state index in [1.165, 1.54) is 12.5 Å². The van der Waals surface area contributed by atoms with Crippen LogP contribution in [0.15, 0.2) is 40.8 Å². The number of furan rings is 1. The van der Waals surface area contributed by atoms with Gasteiger partial charge in [0.1, 0.15) is 11.5 Å². The molecular weight excluding hydrogens is 368 g/mol. The van der Waals surface area contributed by atoms with E-state index in [1.807, 2.05) is 12.1 Å². The average Bonchev–Trinajstić information content (AvgIpc) is 3.32. The lowest BCUT2D eigenvalue weighted by Crippen LogP contribution is -2.49. The van der Waals surface area contributed by atoms with E-state index in [2.05, 4.69) is 15.1 Å². The van der Waals surface area contributed by atoms with Gasteiger partial charge in [-0.05, 0) is 24.6 Å². The van der Waals surface area contributed by atoms with Gasteiger partial charge in [0.2, 0.25) is 0 Å². The third kappa shape index (κ3) is 4.50. The molecule has 1 atom stereocenters. The lowest BCUT2D eigenvalue weighted by Gasteiger charge is -2.32. The van der Waals surface area contributed by atoms with Crippen molar-refractivity contribution in [3.63, 3.8) is 0 Å². The Morgan fingerprint density at radius 1 is 1.15 bits per heavy atom. The number of nitrogens with one attached hydrogen (secondary N) is 1. The van der Waals surface area contributed by atoms with Gasteiger partial charge in [-0.3, -0.25) is 19.9 Å². The molecule has 3 heterocycles. The van der Waals surface area contributed by atoms with Gasteiger partial charge in [0.15, 0.2) is 0 Å². The highest BCUT2D eigenvalue weighted by Gasteiger charge is 2.29. The molecule has 2 saturated heterocycles. The van der Waals surface area contributed by atoms with Gasteiger partial charge in [-0.2, -0.15) is 0 Å². The second-order valence-electron chi connectivity index (χ2n) is 7.00. The smallest absolute Gasteiger partial charge is 0.280 e. The number of hydrogen-bond donors (Lipinski definition) is 1. The molecule has 27 heavy (non-hydrogen) atoms. The van der Waals surface area contributed by atoms with Gasteiger partial charge in [-0.1, -0.05) is 12.1 Å². The van der Waals surface area contributed by atoms with Gasteiger partial charge in [0.05, 0.1) is 17.0 Å². The molecule has 0 radical (unpaired) electrons. The Labute approximate surface area is 164 Å². The molecule has 1 unspecified atom stereocenters. The van der Waals surface area contributed by atoms with Crippen molar-refractivity contribution in [3.8, 4) is 11.3 Å². The molecule has 0 amide bonds. The minimum Gasteiger partial charge on any atom is -0.459 e. The predicted octanol–water partition coefficient (Wildman–Crippen LogP) is 2.76. The Balaban J connectivity index is 0.00000210. The largest absolute Gasteiger partial charge is 0.459 e. The number of rotatable bonds is 5. The fraction of sp³-hybridized carbons (Fsp3) is 0.474. The number of piperazine rings is 1. The molecule has 8 heteroatoms. The molecular formula is C19H25ClN4O3. The van der Waals surface area contributed by atoms with E-state index < -0.39 is 0 Å². The van der Waals surface area contributed by atoms with Crippen LogP contribution in [0.25, 0.3) is 11.3 Å². The molecule has 1 aromatic carbocycles. The van der Waals surface area contributed by atoms with Crippen molar-refractivity contribution in [1.29, 1.82) is 0 Å². The molecule has 4 rings (SSSR count). The van der Waals surface area contributed by atoms with Gasteiger partial charge in [0.25, 0.3) is 5.69 Å². The highest BCUT2D eigenvalue weighted by Crippen LogP contribution is 2.31. The second kappa shape index (κ2) is 8.84. The summed E-state index contributed by atoms with van der Waals surface area (Å²) in [6.07, 6.45) is 1.19. The molecule has 2 aliphatic heterocycles. The highest BCUT2D eigenvalue weighted by atomic mass is 35.5. The normalized spacial score (nSPS) is 21.1. The van der Waals surface area contributed by atoms with Crippen molar-refractivity contribution in [3.05, 3.63) is 52.3 Å². The summed E-state index contributed by atoms with van der Waals surface area (Å²) in [5.41, 5.74) is 0.609. The van der Waals surface area contributed by atoms with Crippen LogP contribution in [0.3, 0.4) is 0 Å². The van der Waals surface area contributed by atoms with Crippen molar-refractivity contribution in [2.75, 3.05) is 39.3 Å². The number of hydrogen-bond acceptors (Lipinski definition) is 6. The Morgan fingerprint density at radius 2 is 1.93 bits per heavy atom. The molecule has 2 aliphatic rings. The molecule has 2 fully saturated rings. The summed E-state index contributed by atoms with van der Waals surface area (Å²) in [5, 5.41) is 14.6. The first kappa shape index (κ1) is 19.8. The number of para-hydroxylation sites is 1. The highest BCUT2D eigenvalue weighted by molar-refractivity contribution is 5.85. The maximum atomic E-state index is 11.2. The number of nitrogens with zero attached hydrogens (tertiary/aromatic N) is 3. The first-order valence-electron chi connectivity index (χ1n) is 9.20. The van der Waals surface area contributed by atoms with Gasteiger partial charge in [0, 0.05) is 51.4 Å². The summed E-state index contributed by atoms with van der Waals surface area (Å²) in [6.45, 7) is 7.28. The fourth-order valence-corrected chi connectivity index (χ4v) is 3.97. The van der Waals surface area contributed by atoms with Crippen molar-refractivity contribution < 1.29 is 9.34 Å². The van der Waals surface area contributed by atoms with Gasteiger partial charge in [-0.15, -0.1) is 12.4 Å². The first-order chi connectivity index (χ1) is 12.7. The molecule has 0 aliphatic carbocycles. The summed E-state index contributed by atoms with van der Waals surface area (Å²) >= 11 is 0. The minimum absolute atomic E-state index is 0. The SMILES string of the molecule is Cl.O=[N+]([O-])c1ccccc1-c1ccc(CN2CCC(N3CCNCC3)C2)o1. The van der Waals surface area contributed by atoms with Crippen LogP contribution in [0.1, 0.15) is 12.2 Å². The molecule has 0 spiro atoms. The monoisotopic (exact) mass is 392 g/mol. The van der Waals surface area contributed by atoms with Crippen LogP contribution in [-0.4, -0.2) is 60.0 Å². The topological polar surface area (TPSA) is 74.8 Å². The molecule has 1 N–H and O–H groups in total. The maximum Gasteiger partial charge on any atom is 0.280 e. The summed E-state index contributed by atoms with van der Waals surface area (Å²) in [6, 6.07) is 11.1. The van der Waals surface area contributed by atoms with Gasteiger partial charge < -0.3 is 9.73 Å². The lowest BCUT2D eigenvalue weighted by molar-refractivity contribution is -0.384. The van der Waals surface area contributed by atoms with E-state index in [0.29, 0.717) is 17.4 Å². The Kier molecular flexibility index (Phi) is 6.49. The van der Waals surface area contributed by atoms with Crippen molar-refractivity contribution in [2.45, 2.75) is 19.0 Å². The summed E-state index contributed by atoms with van der Waals surface area (Å²) < 4.78 is 5.93. The summed E-state index contributed by atoms with van der Waals surface area (Å²) in [4.78, 5) is 15.8. The van der Waals surface area contributed by atoms with Gasteiger partial charge >= 0.3 is 0 Å². The number of halogens is 1. The number of likely N-dealkylation sites (tertiary alicyclic amines) is 1. The molecule has 2 aromatic rings. The quantitative estimate of drug-likeness (QED) is 0.623. The number of benzene rings is 1. The number of nitro benzene ring substituents is 1. The van der Waals surface area contributed by atoms with Crippen LogP contribution < -0.4 is 5.32 Å². The van der Waals surface area contributed by atoms with Crippen LogP contribution in [0.4, 0.5) is 5.69 Å². The minimum atomic E-state index is -0.365. The number of nitro groups is 1. The zero-order valence-electron chi connectivity index (χ0n) is 15.2. The molecule has 1 aromatic heterocycles. The molecule has 0 bridgehead atoms. The van der Waals surface area contributed by atoms with Crippen LogP contribution >= 0.6 is 12.4 Å². The first-order valence-corrected chi connectivity index (χ1v) is 9.20. The zero-order chi connectivity index (χ0) is 17.9. The molecule has 146 valence electrons.